The third-order valence-corrected chi connectivity index (χ3v) is 4.42. The Morgan fingerprint density at radius 2 is 1.52 bits per heavy atom. The van der Waals surface area contributed by atoms with Crippen LogP contribution in [0.5, 0.6) is 0 Å². The molecule has 0 fully saturated rings. The highest BCUT2D eigenvalue weighted by molar-refractivity contribution is 9.09. The van der Waals surface area contributed by atoms with Gasteiger partial charge in [0.25, 0.3) is 0 Å². The lowest BCUT2D eigenvalue weighted by Gasteiger charge is -2.23. The normalized spacial score (nSPS) is 14.0. The van der Waals surface area contributed by atoms with Gasteiger partial charge in [0.2, 0.25) is 17.7 Å². The highest BCUT2D eigenvalue weighted by atomic mass is 79.9. The molecular weight excluding hydrogens is 476 g/mol. The number of nitrogens with one attached hydrogen (secondary N) is 4. The van der Waals surface area contributed by atoms with Crippen molar-refractivity contribution in [3.8, 4) is 0 Å². The van der Waals surface area contributed by atoms with E-state index in [4.69, 9.17) is 4.74 Å². The van der Waals surface area contributed by atoms with Crippen LogP contribution in [0.15, 0.2) is 0 Å². The van der Waals surface area contributed by atoms with Crippen LogP contribution >= 0.6 is 15.9 Å². The molecule has 0 spiro atoms. The van der Waals surface area contributed by atoms with E-state index in [1.807, 2.05) is 0 Å². The predicted molar refractivity (Wildman–Crippen MR) is 116 cm³/mol. The van der Waals surface area contributed by atoms with Crippen molar-refractivity contribution in [2.45, 2.75) is 65.3 Å². The number of hydrogen-bond donors (Lipinski definition) is 4. The number of methoxy groups -OCH3 is 1. The monoisotopic (exact) mass is 508 g/mol. The van der Waals surface area contributed by atoms with Gasteiger partial charge in [0.1, 0.15) is 23.7 Å². The zero-order chi connectivity index (χ0) is 24.4. The Kier molecular flexibility index (Phi) is 12.1. The van der Waals surface area contributed by atoms with E-state index >= 15 is 0 Å². The number of alkyl halides is 1. The number of amides is 4. The molecule has 12 heteroatoms. The van der Waals surface area contributed by atoms with Gasteiger partial charge in [-0.3, -0.25) is 14.4 Å². The summed E-state index contributed by atoms with van der Waals surface area (Å²) in [6.07, 6.45) is -0.763. The molecule has 0 aromatic carbocycles. The van der Waals surface area contributed by atoms with Crippen molar-refractivity contribution >= 4 is 45.7 Å². The second-order valence-electron chi connectivity index (χ2n) is 8.11. The first-order chi connectivity index (χ1) is 14.2. The van der Waals surface area contributed by atoms with Crippen molar-refractivity contribution in [2.24, 2.45) is 5.92 Å². The minimum atomic E-state index is -0.979. The van der Waals surface area contributed by atoms with Gasteiger partial charge in [-0.05, 0) is 33.6 Å². The van der Waals surface area contributed by atoms with Gasteiger partial charge >= 0.3 is 12.1 Å². The minimum absolute atomic E-state index is 0.0844. The first-order valence-corrected chi connectivity index (χ1v) is 10.8. The number of esters is 1. The Hall–Kier alpha value is -2.37. The summed E-state index contributed by atoms with van der Waals surface area (Å²) in [6, 6.07) is -2.78. The number of ether oxygens (including phenoxy) is 2. The van der Waals surface area contributed by atoms with Gasteiger partial charge in [0.05, 0.1) is 13.7 Å². The summed E-state index contributed by atoms with van der Waals surface area (Å²) in [5.74, 6) is -2.63. The third-order valence-electron chi connectivity index (χ3n) is 3.78. The lowest BCUT2D eigenvalue weighted by molar-refractivity contribution is -0.146. The molecular formula is C19H33BrN4O7. The second kappa shape index (κ2) is 13.1. The Bertz CT molecular complexity index is 664. The molecule has 11 nitrogen and oxygen atoms in total. The van der Waals surface area contributed by atoms with Crippen molar-refractivity contribution in [1.29, 1.82) is 0 Å². The molecule has 0 rings (SSSR count). The number of rotatable bonds is 10. The highest BCUT2D eigenvalue weighted by Gasteiger charge is 2.29. The number of alkyl carbamates (subject to hydrolysis) is 1. The molecule has 0 aliphatic rings. The molecule has 31 heavy (non-hydrogen) atoms. The molecule has 0 aromatic rings. The summed E-state index contributed by atoms with van der Waals surface area (Å²) in [7, 11) is 1.22. The summed E-state index contributed by atoms with van der Waals surface area (Å²) in [5.41, 5.74) is -0.714. The van der Waals surface area contributed by atoms with Crippen LogP contribution in [-0.4, -0.2) is 72.5 Å². The zero-order valence-corrected chi connectivity index (χ0v) is 20.5. The Labute approximate surface area is 190 Å². The molecule has 0 radical (unpaired) electrons. The standard InChI is InChI=1S/C19H33BrN4O7/c1-10(2)14(17(28)30-7)24-16(27)12(8-20)23-13(25)9-21-15(26)11(3)22-18(29)31-19(4,5)6/h10-12,14H,8-9H2,1-7H3,(H,21,26)(H,22,29)(H,23,25)(H,24,27)/t11-,12-,14-/m0/s1. The number of halogens is 1. The van der Waals surface area contributed by atoms with Gasteiger partial charge in [-0.2, -0.15) is 0 Å². The molecule has 4 amide bonds. The van der Waals surface area contributed by atoms with Crippen LogP contribution in [0, 0.1) is 5.92 Å². The van der Waals surface area contributed by atoms with E-state index in [0.717, 1.165) is 0 Å². The summed E-state index contributed by atoms with van der Waals surface area (Å²) >= 11 is 3.14. The van der Waals surface area contributed by atoms with Gasteiger partial charge in [0, 0.05) is 5.33 Å². The SMILES string of the molecule is COC(=O)[C@@H](NC(=O)[C@H](CBr)NC(=O)CNC(=O)[C@H](C)NC(=O)OC(C)(C)C)C(C)C. The topological polar surface area (TPSA) is 152 Å². The summed E-state index contributed by atoms with van der Waals surface area (Å²) in [4.78, 5) is 60.1. The molecule has 178 valence electrons. The zero-order valence-electron chi connectivity index (χ0n) is 19.0. The first-order valence-electron chi connectivity index (χ1n) is 9.72. The number of carbonyl (C=O) groups is 5. The molecule has 0 aliphatic heterocycles. The minimum Gasteiger partial charge on any atom is -0.467 e. The summed E-state index contributed by atoms with van der Waals surface area (Å²) in [6.45, 7) is 9.56. The smallest absolute Gasteiger partial charge is 0.408 e. The first kappa shape index (κ1) is 28.6. The molecule has 0 aromatic heterocycles. The van der Waals surface area contributed by atoms with Gasteiger partial charge in [-0.1, -0.05) is 29.8 Å². The number of hydrogen-bond acceptors (Lipinski definition) is 7. The Morgan fingerprint density at radius 3 is 1.97 bits per heavy atom. The van der Waals surface area contributed by atoms with E-state index in [0.29, 0.717) is 0 Å². The van der Waals surface area contributed by atoms with E-state index in [1.54, 1.807) is 34.6 Å². The van der Waals surface area contributed by atoms with Gasteiger partial charge in [-0.15, -0.1) is 0 Å². The third kappa shape index (κ3) is 11.6. The van der Waals surface area contributed by atoms with Crippen molar-refractivity contribution in [3.05, 3.63) is 0 Å². The van der Waals surface area contributed by atoms with E-state index in [-0.39, 0.29) is 11.2 Å². The molecule has 0 aliphatic carbocycles. The maximum Gasteiger partial charge on any atom is 0.408 e. The van der Waals surface area contributed by atoms with Crippen molar-refractivity contribution in [2.75, 3.05) is 19.0 Å². The lowest BCUT2D eigenvalue weighted by Crippen LogP contribution is -2.55. The van der Waals surface area contributed by atoms with E-state index < -0.39 is 60.1 Å². The summed E-state index contributed by atoms with van der Waals surface area (Å²) in [5, 5.41) is 9.80. The fraction of sp³-hybridized carbons (Fsp3) is 0.737. The average molecular weight is 509 g/mol. The lowest BCUT2D eigenvalue weighted by atomic mass is 10.0. The number of carbonyl (C=O) groups excluding carboxylic acids is 5. The second-order valence-corrected chi connectivity index (χ2v) is 8.76. The Morgan fingerprint density at radius 1 is 0.935 bits per heavy atom. The Balaban J connectivity index is 4.67. The van der Waals surface area contributed by atoms with E-state index in [1.165, 1.54) is 14.0 Å². The summed E-state index contributed by atoms with van der Waals surface area (Å²) < 4.78 is 9.73. The van der Waals surface area contributed by atoms with Crippen LogP contribution in [0.25, 0.3) is 0 Å². The predicted octanol–water partition coefficient (Wildman–Crippen LogP) is 0.209. The highest BCUT2D eigenvalue weighted by Crippen LogP contribution is 2.07. The fourth-order valence-corrected chi connectivity index (χ4v) is 2.62. The van der Waals surface area contributed by atoms with Gasteiger partial charge < -0.3 is 30.7 Å². The van der Waals surface area contributed by atoms with Crippen molar-refractivity contribution < 1.29 is 33.4 Å². The fourth-order valence-electron chi connectivity index (χ4n) is 2.17. The van der Waals surface area contributed by atoms with Crippen LogP contribution in [0.1, 0.15) is 41.5 Å². The molecule has 0 saturated carbocycles. The molecule has 0 heterocycles. The molecule has 3 atom stereocenters. The van der Waals surface area contributed by atoms with Crippen LogP contribution in [0.2, 0.25) is 0 Å². The molecule has 0 unspecified atom stereocenters. The van der Waals surface area contributed by atoms with Gasteiger partial charge in [-0.25, -0.2) is 9.59 Å². The van der Waals surface area contributed by atoms with Crippen molar-refractivity contribution in [3.63, 3.8) is 0 Å². The van der Waals surface area contributed by atoms with Crippen LogP contribution in [0.4, 0.5) is 4.79 Å². The van der Waals surface area contributed by atoms with E-state index in [9.17, 15) is 24.0 Å². The molecule has 4 N–H and O–H groups in total. The van der Waals surface area contributed by atoms with Crippen LogP contribution in [0.3, 0.4) is 0 Å². The average Bonchev–Trinajstić information content (AvgIpc) is 2.65. The largest absolute Gasteiger partial charge is 0.467 e. The van der Waals surface area contributed by atoms with Gasteiger partial charge in [0.15, 0.2) is 0 Å². The maximum absolute atomic E-state index is 12.4. The maximum atomic E-state index is 12.4. The van der Waals surface area contributed by atoms with E-state index in [2.05, 4.69) is 41.9 Å². The van der Waals surface area contributed by atoms with Crippen LogP contribution in [-0.2, 0) is 28.7 Å². The quantitative estimate of drug-likeness (QED) is 0.243. The van der Waals surface area contributed by atoms with Crippen molar-refractivity contribution in [1.82, 2.24) is 21.3 Å². The molecule has 0 saturated heterocycles. The van der Waals surface area contributed by atoms with Crippen LogP contribution < -0.4 is 21.3 Å². The molecule has 0 bridgehead atoms.